The summed E-state index contributed by atoms with van der Waals surface area (Å²) in [4.78, 5) is 50.5. The third-order valence-corrected chi connectivity index (χ3v) is 6.21. The Labute approximate surface area is 190 Å². The summed E-state index contributed by atoms with van der Waals surface area (Å²) in [6.45, 7) is 5.64. The highest BCUT2D eigenvalue weighted by atomic mass is 32.1. The molecule has 0 atom stereocenters. The molecule has 0 unspecified atom stereocenters. The molecular weight excluding hydrogens is 426 g/mol. The number of carbonyl (C=O) groups is 2. The van der Waals surface area contributed by atoms with Crippen LogP contribution in [0.5, 0.6) is 0 Å². The third-order valence-electron chi connectivity index (χ3n) is 5.32. The fourth-order valence-electron chi connectivity index (χ4n) is 3.34. The topological polar surface area (TPSA) is 90.2 Å². The standard InChI is InChI=1S/C24H29N3O4S/c1-24(2,3)19(28)16-27-18-13-15-32-21(18)22(30)26(23(27)31)14-9-5-8-12-20(29)25-17-10-6-4-7-11-17/h4,6-7,10-11,13,15H,5,8-9,12,14,16H2,1-3H3,(H,25,29). The van der Waals surface area contributed by atoms with Crippen LogP contribution in [0.1, 0.15) is 46.5 Å². The normalized spacial score (nSPS) is 11.6. The number of hydrogen-bond acceptors (Lipinski definition) is 5. The van der Waals surface area contributed by atoms with Gasteiger partial charge in [-0.15, -0.1) is 11.3 Å². The van der Waals surface area contributed by atoms with Crippen molar-refractivity contribution in [2.24, 2.45) is 5.41 Å². The summed E-state index contributed by atoms with van der Waals surface area (Å²) in [6.07, 6.45) is 2.33. The van der Waals surface area contributed by atoms with Crippen LogP contribution in [0.25, 0.3) is 10.2 Å². The second-order valence-corrected chi connectivity index (χ2v) is 9.77. The minimum absolute atomic E-state index is 0.0589. The molecule has 0 spiro atoms. The lowest BCUT2D eigenvalue weighted by molar-refractivity contribution is -0.126. The van der Waals surface area contributed by atoms with Crippen molar-refractivity contribution in [3.05, 3.63) is 62.6 Å². The number of anilines is 1. The number of nitrogens with zero attached hydrogens (tertiary/aromatic N) is 2. The number of nitrogens with one attached hydrogen (secondary N) is 1. The van der Waals surface area contributed by atoms with E-state index in [0.717, 1.165) is 5.69 Å². The van der Waals surface area contributed by atoms with Gasteiger partial charge in [-0.05, 0) is 36.4 Å². The Kier molecular flexibility index (Phi) is 7.45. The van der Waals surface area contributed by atoms with E-state index in [0.29, 0.717) is 35.9 Å². The zero-order valence-corrected chi connectivity index (χ0v) is 19.5. The number of thiophene rings is 1. The smallest absolute Gasteiger partial charge is 0.326 e. The Morgan fingerprint density at radius 3 is 2.38 bits per heavy atom. The second kappa shape index (κ2) is 10.1. The summed E-state index contributed by atoms with van der Waals surface area (Å²) < 4.78 is 3.11. The minimum atomic E-state index is -0.580. The summed E-state index contributed by atoms with van der Waals surface area (Å²) in [5.41, 5.74) is -0.0833. The van der Waals surface area contributed by atoms with Gasteiger partial charge in [-0.2, -0.15) is 0 Å². The Bertz CT molecular complexity index is 1220. The Hall–Kier alpha value is -3.00. The van der Waals surface area contributed by atoms with Crippen LogP contribution in [0.15, 0.2) is 51.4 Å². The molecule has 0 aliphatic carbocycles. The first-order valence-electron chi connectivity index (χ1n) is 10.8. The zero-order valence-electron chi connectivity index (χ0n) is 18.7. The average Bonchev–Trinajstić information content (AvgIpc) is 3.23. The van der Waals surface area contributed by atoms with Gasteiger partial charge < -0.3 is 5.32 Å². The molecular formula is C24H29N3O4S. The zero-order chi connectivity index (χ0) is 23.3. The molecule has 1 amide bonds. The van der Waals surface area contributed by atoms with Gasteiger partial charge in [0, 0.05) is 24.1 Å². The van der Waals surface area contributed by atoms with E-state index in [1.165, 1.54) is 20.5 Å². The van der Waals surface area contributed by atoms with Crippen molar-refractivity contribution in [1.82, 2.24) is 9.13 Å². The van der Waals surface area contributed by atoms with Crippen molar-refractivity contribution >= 4 is 38.9 Å². The lowest BCUT2D eigenvalue weighted by Gasteiger charge is -2.18. The molecule has 0 saturated heterocycles. The van der Waals surface area contributed by atoms with Gasteiger partial charge in [0.25, 0.3) is 5.56 Å². The molecule has 0 aliphatic heterocycles. The van der Waals surface area contributed by atoms with Crippen LogP contribution in [0.4, 0.5) is 5.69 Å². The molecule has 170 valence electrons. The fraction of sp³-hybridized carbons (Fsp3) is 0.417. The molecule has 3 aromatic rings. The maximum atomic E-state index is 13.1. The highest BCUT2D eigenvalue weighted by Gasteiger charge is 2.24. The van der Waals surface area contributed by atoms with Crippen LogP contribution in [0, 0.1) is 5.41 Å². The van der Waals surface area contributed by atoms with Gasteiger partial charge in [0.05, 0.1) is 12.1 Å². The lowest BCUT2D eigenvalue weighted by atomic mass is 9.91. The molecule has 32 heavy (non-hydrogen) atoms. The second-order valence-electron chi connectivity index (χ2n) is 8.86. The van der Waals surface area contributed by atoms with E-state index in [2.05, 4.69) is 5.32 Å². The number of amides is 1. The number of ketones is 1. The molecule has 0 radical (unpaired) electrons. The maximum Gasteiger partial charge on any atom is 0.331 e. The summed E-state index contributed by atoms with van der Waals surface area (Å²) in [5, 5.41) is 4.61. The largest absolute Gasteiger partial charge is 0.331 e. The van der Waals surface area contributed by atoms with E-state index >= 15 is 0 Å². The van der Waals surface area contributed by atoms with Gasteiger partial charge in [0.2, 0.25) is 5.91 Å². The molecule has 1 N–H and O–H groups in total. The number of carbonyl (C=O) groups excluding carboxylic acids is 2. The van der Waals surface area contributed by atoms with Crippen LogP contribution in [0.2, 0.25) is 0 Å². The Morgan fingerprint density at radius 1 is 0.969 bits per heavy atom. The maximum absolute atomic E-state index is 13.1. The van der Waals surface area contributed by atoms with Gasteiger partial charge in [-0.25, -0.2) is 4.79 Å². The van der Waals surface area contributed by atoms with Crippen molar-refractivity contribution in [2.45, 2.75) is 59.5 Å². The highest BCUT2D eigenvalue weighted by Crippen LogP contribution is 2.19. The summed E-state index contributed by atoms with van der Waals surface area (Å²) in [5.74, 6) is -0.127. The van der Waals surface area contributed by atoms with Gasteiger partial charge in [-0.3, -0.25) is 23.5 Å². The number of unbranched alkanes of at least 4 members (excludes halogenated alkanes) is 2. The van der Waals surface area contributed by atoms with E-state index in [4.69, 9.17) is 0 Å². The SMILES string of the molecule is CC(C)(C)C(=O)Cn1c(=O)n(CCCCCC(=O)Nc2ccccc2)c(=O)c2sccc21. The molecule has 3 rings (SSSR count). The lowest BCUT2D eigenvalue weighted by Crippen LogP contribution is -2.41. The average molecular weight is 456 g/mol. The molecule has 2 aromatic heterocycles. The minimum Gasteiger partial charge on any atom is -0.326 e. The first-order chi connectivity index (χ1) is 15.2. The van der Waals surface area contributed by atoms with Gasteiger partial charge in [0.15, 0.2) is 5.78 Å². The predicted molar refractivity (Wildman–Crippen MR) is 128 cm³/mol. The van der Waals surface area contributed by atoms with E-state index in [-0.39, 0.29) is 30.3 Å². The van der Waals surface area contributed by atoms with Crippen molar-refractivity contribution in [3.63, 3.8) is 0 Å². The molecule has 8 heteroatoms. The molecule has 0 fully saturated rings. The number of fused-ring (bicyclic) bond motifs is 1. The van der Waals surface area contributed by atoms with Crippen molar-refractivity contribution in [2.75, 3.05) is 5.32 Å². The van der Waals surface area contributed by atoms with E-state index in [1.54, 1.807) is 11.4 Å². The van der Waals surface area contributed by atoms with Crippen LogP contribution in [0.3, 0.4) is 0 Å². The predicted octanol–water partition coefficient (Wildman–Crippen LogP) is 4.04. The summed E-state index contributed by atoms with van der Waals surface area (Å²) in [7, 11) is 0. The fourth-order valence-corrected chi connectivity index (χ4v) is 4.18. The third kappa shape index (κ3) is 5.62. The van der Waals surface area contributed by atoms with Crippen LogP contribution in [-0.4, -0.2) is 20.8 Å². The number of hydrogen-bond donors (Lipinski definition) is 1. The Balaban J connectivity index is 1.64. The molecule has 0 bridgehead atoms. The summed E-state index contributed by atoms with van der Waals surface area (Å²) in [6, 6.07) is 11.0. The molecule has 1 aromatic carbocycles. The molecule has 0 aliphatic rings. The van der Waals surface area contributed by atoms with E-state index in [1.807, 2.05) is 51.1 Å². The van der Waals surface area contributed by atoms with Crippen molar-refractivity contribution < 1.29 is 9.59 Å². The van der Waals surface area contributed by atoms with Crippen LogP contribution in [-0.2, 0) is 22.7 Å². The molecule has 2 heterocycles. The highest BCUT2D eigenvalue weighted by molar-refractivity contribution is 7.17. The van der Waals surface area contributed by atoms with Crippen LogP contribution >= 0.6 is 11.3 Å². The van der Waals surface area contributed by atoms with E-state index in [9.17, 15) is 19.2 Å². The summed E-state index contributed by atoms with van der Waals surface area (Å²) >= 11 is 1.28. The number of benzene rings is 1. The van der Waals surface area contributed by atoms with Crippen molar-refractivity contribution in [3.8, 4) is 0 Å². The van der Waals surface area contributed by atoms with Gasteiger partial charge in [-0.1, -0.05) is 45.4 Å². The number of Topliss-reactive ketones (excluding diaryl/α,β-unsaturated/α-hetero) is 1. The quantitative estimate of drug-likeness (QED) is 0.493. The van der Waals surface area contributed by atoms with Gasteiger partial charge >= 0.3 is 5.69 Å². The number of rotatable bonds is 9. The first-order valence-corrected chi connectivity index (χ1v) is 11.7. The molecule has 0 saturated carbocycles. The Morgan fingerprint density at radius 2 is 1.69 bits per heavy atom. The first kappa shape index (κ1) is 23.7. The van der Waals surface area contributed by atoms with Crippen molar-refractivity contribution in [1.29, 1.82) is 0 Å². The number of aromatic nitrogens is 2. The molecule has 7 nitrogen and oxygen atoms in total. The van der Waals surface area contributed by atoms with E-state index < -0.39 is 11.1 Å². The van der Waals surface area contributed by atoms with Gasteiger partial charge in [0.1, 0.15) is 4.70 Å². The number of para-hydroxylation sites is 1. The van der Waals surface area contributed by atoms with Crippen LogP contribution < -0.4 is 16.6 Å². The monoisotopic (exact) mass is 455 g/mol.